The summed E-state index contributed by atoms with van der Waals surface area (Å²) < 4.78 is 18.1. The van der Waals surface area contributed by atoms with Gasteiger partial charge in [0.1, 0.15) is 9.15 Å². The van der Waals surface area contributed by atoms with Crippen molar-refractivity contribution >= 4 is 41.3 Å². The number of hydrogen-bond acceptors (Lipinski definition) is 5. The van der Waals surface area contributed by atoms with E-state index in [1.54, 1.807) is 0 Å². The lowest BCUT2D eigenvalue weighted by atomic mass is 9.78. The summed E-state index contributed by atoms with van der Waals surface area (Å²) in [6, 6.07) is 18.1. The molecule has 8 heteroatoms. The minimum absolute atomic E-state index is 0.0656. The number of aliphatic hydroxyl groups is 1. The highest BCUT2D eigenvalue weighted by Crippen LogP contribution is 2.46. The molecule has 2 aliphatic rings. The van der Waals surface area contributed by atoms with Gasteiger partial charge < -0.3 is 19.2 Å². The lowest BCUT2D eigenvalue weighted by molar-refractivity contribution is -0.0717. The van der Waals surface area contributed by atoms with Gasteiger partial charge in [0.15, 0.2) is 0 Å². The Balaban J connectivity index is 1.56. The molecule has 194 valence electrons. The molecule has 4 rings (SSSR count). The van der Waals surface area contributed by atoms with E-state index in [1.807, 2.05) is 75.1 Å². The monoisotopic (exact) mass is 605 g/mol. The van der Waals surface area contributed by atoms with Gasteiger partial charge in [0.2, 0.25) is 0 Å². The van der Waals surface area contributed by atoms with Crippen LogP contribution < -0.4 is 5.46 Å². The van der Waals surface area contributed by atoms with Crippen LogP contribution in [0.1, 0.15) is 71.4 Å². The molecule has 1 N–H and O–H groups in total. The average Bonchev–Trinajstić information content (AvgIpc) is 3.09. The quantitative estimate of drug-likeness (QED) is 0.187. The largest absolute Gasteiger partial charge is 0.494 e. The van der Waals surface area contributed by atoms with Crippen LogP contribution in [0.4, 0.5) is 4.79 Å². The Morgan fingerprint density at radius 2 is 1.64 bits per heavy atom. The normalized spacial score (nSPS) is 24.9. The molecule has 1 unspecified atom stereocenters. The smallest absolute Gasteiger partial charge is 0.438 e. The molecule has 2 saturated heterocycles. The average molecular weight is 605 g/mol. The molecule has 2 aliphatic heterocycles. The standard InChI is InChI=1S/C28H37BINO5/c1-6-28(30,22-13-15-23(16-14-22)29-35-25(2,3)26(4,5)36-29)31-19-18-27(17-10-20-32,34-24(31)33)21-11-8-7-9-12-21/h7-9,11-16,32H,6,10,17-20H2,1-5H3/t27?,28-/m1/s1. The predicted molar refractivity (Wildman–Crippen MR) is 150 cm³/mol. The van der Waals surface area contributed by atoms with Crippen molar-refractivity contribution in [2.75, 3.05) is 13.2 Å². The molecule has 2 aromatic rings. The first kappa shape index (κ1) is 27.4. The Hall–Kier alpha value is -1.62. The van der Waals surface area contributed by atoms with Gasteiger partial charge in [0.25, 0.3) is 0 Å². The van der Waals surface area contributed by atoms with E-state index < -0.39 is 27.5 Å². The van der Waals surface area contributed by atoms with E-state index in [-0.39, 0.29) is 12.7 Å². The number of benzene rings is 2. The van der Waals surface area contributed by atoms with Crippen LogP contribution in [0.15, 0.2) is 54.6 Å². The summed E-state index contributed by atoms with van der Waals surface area (Å²) in [6.45, 7) is 10.9. The second-order valence-corrected chi connectivity index (χ2v) is 12.6. The van der Waals surface area contributed by atoms with E-state index in [2.05, 4.69) is 41.6 Å². The van der Waals surface area contributed by atoms with Crippen molar-refractivity contribution in [1.29, 1.82) is 0 Å². The third-order valence-electron chi connectivity index (χ3n) is 8.06. The number of cyclic esters (lactones) is 1. The zero-order chi connectivity index (χ0) is 26.2. The van der Waals surface area contributed by atoms with Crippen molar-refractivity contribution in [3.8, 4) is 0 Å². The number of aliphatic hydroxyl groups excluding tert-OH is 1. The van der Waals surface area contributed by atoms with E-state index in [9.17, 15) is 9.90 Å². The number of carbonyl (C=O) groups is 1. The first-order chi connectivity index (χ1) is 17.0. The topological polar surface area (TPSA) is 68.2 Å². The molecule has 0 aromatic heterocycles. The SMILES string of the molecule is CC[C@](I)(c1ccc(B2OC(C)(C)C(C)(C)O2)cc1)N1CCC(CCCO)(c2ccccc2)OC1=O. The Kier molecular flexibility index (Phi) is 7.82. The van der Waals surface area contributed by atoms with Crippen LogP contribution in [0.3, 0.4) is 0 Å². The maximum Gasteiger partial charge on any atom is 0.494 e. The zero-order valence-electron chi connectivity index (χ0n) is 21.9. The summed E-state index contributed by atoms with van der Waals surface area (Å²) in [5.41, 5.74) is 1.46. The molecule has 0 saturated carbocycles. The summed E-state index contributed by atoms with van der Waals surface area (Å²) in [5.74, 6) is 0. The van der Waals surface area contributed by atoms with E-state index in [4.69, 9.17) is 14.0 Å². The summed E-state index contributed by atoms with van der Waals surface area (Å²) in [6.07, 6.45) is 2.24. The lowest BCUT2D eigenvalue weighted by Gasteiger charge is -2.47. The number of alkyl halides is 1. The van der Waals surface area contributed by atoms with Gasteiger partial charge in [-0.3, -0.25) is 4.90 Å². The van der Waals surface area contributed by atoms with Gasteiger partial charge in [-0.25, -0.2) is 4.79 Å². The second kappa shape index (κ2) is 10.3. The molecule has 2 fully saturated rings. The van der Waals surface area contributed by atoms with Crippen LogP contribution in [0.2, 0.25) is 0 Å². The first-order valence-corrected chi connectivity index (χ1v) is 13.9. The highest BCUT2D eigenvalue weighted by molar-refractivity contribution is 14.1. The minimum atomic E-state index is -0.719. The maximum atomic E-state index is 13.5. The van der Waals surface area contributed by atoms with Crippen molar-refractivity contribution in [2.24, 2.45) is 0 Å². The van der Waals surface area contributed by atoms with E-state index >= 15 is 0 Å². The molecule has 0 spiro atoms. The fourth-order valence-corrected chi connectivity index (χ4v) is 5.83. The van der Waals surface area contributed by atoms with Crippen LogP contribution in [0.25, 0.3) is 0 Å². The summed E-state index contributed by atoms with van der Waals surface area (Å²) in [7, 11) is -0.424. The predicted octanol–water partition coefficient (Wildman–Crippen LogP) is 5.49. The van der Waals surface area contributed by atoms with Crippen molar-refractivity contribution in [1.82, 2.24) is 4.90 Å². The molecule has 0 aliphatic carbocycles. The summed E-state index contributed by atoms with van der Waals surface area (Å²) >= 11 is 2.39. The molecule has 2 aromatic carbocycles. The Bertz CT molecular complexity index is 1050. The molecule has 2 heterocycles. The number of rotatable bonds is 8. The van der Waals surface area contributed by atoms with E-state index in [0.29, 0.717) is 25.8 Å². The number of ether oxygens (including phenoxy) is 1. The maximum absolute atomic E-state index is 13.5. The third kappa shape index (κ3) is 4.94. The molecule has 0 radical (unpaired) electrons. The second-order valence-electron chi connectivity index (χ2n) is 10.8. The van der Waals surface area contributed by atoms with Gasteiger partial charge in [0.05, 0.1) is 11.2 Å². The van der Waals surface area contributed by atoms with Crippen molar-refractivity contribution in [3.05, 3.63) is 65.7 Å². The summed E-state index contributed by atoms with van der Waals surface area (Å²) in [4.78, 5) is 15.4. The van der Waals surface area contributed by atoms with E-state index in [1.165, 1.54) is 0 Å². The minimum Gasteiger partial charge on any atom is -0.438 e. The Labute approximate surface area is 229 Å². The molecule has 6 nitrogen and oxygen atoms in total. The number of amides is 1. The molecular formula is C28H37BINO5. The molecule has 1 amide bonds. The van der Waals surface area contributed by atoms with Gasteiger partial charge in [-0.2, -0.15) is 0 Å². The number of halogens is 1. The number of hydrogen-bond donors (Lipinski definition) is 1. The molecule has 36 heavy (non-hydrogen) atoms. The van der Waals surface area contributed by atoms with Crippen LogP contribution in [-0.2, 0) is 23.2 Å². The van der Waals surface area contributed by atoms with Gasteiger partial charge in [-0.15, -0.1) is 0 Å². The van der Waals surface area contributed by atoms with Gasteiger partial charge in [-0.05, 0) is 86.1 Å². The Morgan fingerprint density at radius 1 is 1.03 bits per heavy atom. The van der Waals surface area contributed by atoms with Crippen molar-refractivity contribution in [3.63, 3.8) is 0 Å². The van der Waals surface area contributed by atoms with Crippen LogP contribution >= 0.6 is 22.6 Å². The van der Waals surface area contributed by atoms with Gasteiger partial charge in [-0.1, -0.05) is 61.5 Å². The van der Waals surface area contributed by atoms with Crippen LogP contribution in [0.5, 0.6) is 0 Å². The van der Waals surface area contributed by atoms with Crippen LogP contribution in [-0.4, -0.2) is 47.6 Å². The van der Waals surface area contributed by atoms with Crippen molar-refractivity contribution in [2.45, 2.75) is 80.7 Å². The number of nitrogens with zero attached hydrogens (tertiary/aromatic N) is 1. The zero-order valence-corrected chi connectivity index (χ0v) is 24.1. The summed E-state index contributed by atoms with van der Waals surface area (Å²) in [5, 5.41) is 9.48. The lowest BCUT2D eigenvalue weighted by Crippen LogP contribution is -2.54. The van der Waals surface area contributed by atoms with E-state index in [0.717, 1.165) is 23.0 Å². The van der Waals surface area contributed by atoms with Crippen LogP contribution in [0, 0.1) is 0 Å². The Morgan fingerprint density at radius 3 is 2.17 bits per heavy atom. The highest BCUT2D eigenvalue weighted by Gasteiger charge is 2.52. The highest BCUT2D eigenvalue weighted by atomic mass is 127. The molecule has 0 bridgehead atoms. The van der Waals surface area contributed by atoms with Gasteiger partial charge >= 0.3 is 13.2 Å². The first-order valence-electron chi connectivity index (χ1n) is 12.8. The molecule has 2 atom stereocenters. The van der Waals surface area contributed by atoms with Gasteiger partial charge in [0, 0.05) is 19.6 Å². The third-order valence-corrected chi connectivity index (χ3v) is 10.0. The number of carbonyl (C=O) groups excluding carboxylic acids is 1. The fraction of sp³-hybridized carbons (Fsp3) is 0.536. The van der Waals surface area contributed by atoms with Crippen molar-refractivity contribution < 1.29 is 23.9 Å². The fourth-order valence-electron chi connectivity index (χ4n) is 5.03. The molecular weight excluding hydrogens is 568 g/mol.